The molecule has 1 saturated carbocycles. The molecule has 6 heteroatoms. The van der Waals surface area contributed by atoms with Gasteiger partial charge in [-0.15, -0.1) is 0 Å². The average molecular weight is 326 g/mol. The zero-order chi connectivity index (χ0) is 16.2. The summed E-state index contributed by atoms with van der Waals surface area (Å²) in [5, 5.41) is 10.8. The molecule has 0 spiro atoms. The average Bonchev–Trinajstić information content (AvgIpc) is 2.51. The minimum Gasteiger partial charge on any atom is -0.385 e. The molecule has 2 rings (SSSR count). The second-order valence-electron chi connectivity index (χ2n) is 6.26. The molecule has 3 N–H and O–H groups in total. The Morgan fingerprint density at radius 1 is 1.23 bits per heavy atom. The summed E-state index contributed by atoms with van der Waals surface area (Å²) in [5.41, 5.74) is 1.33. The largest absolute Gasteiger partial charge is 0.385 e. The van der Waals surface area contributed by atoms with Crippen LogP contribution in [0.2, 0.25) is 0 Å². The van der Waals surface area contributed by atoms with E-state index >= 15 is 0 Å². The number of aliphatic hydroxyl groups is 1. The third-order valence-corrected chi connectivity index (χ3v) is 5.69. The van der Waals surface area contributed by atoms with Crippen LogP contribution in [0.5, 0.6) is 0 Å². The number of hydrogen-bond acceptors (Lipinski definition) is 3. The van der Waals surface area contributed by atoms with Gasteiger partial charge in [0.25, 0.3) is 10.2 Å². The van der Waals surface area contributed by atoms with Crippen molar-refractivity contribution in [2.24, 2.45) is 5.92 Å². The summed E-state index contributed by atoms with van der Waals surface area (Å²) in [5.74, 6) is 0.694. The molecule has 0 bridgehead atoms. The topological polar surface area (TPSA) is 78.4 Å². The van der Waals surface area contributed by atoms with Crippen molar-refractivity contribution in [2.45, 2.75) is 44.6 Å². The molecule has 0 unspecified atom stereocenters. The Hall–Kier alpha value is -0.950. The lowest BCUT2D eigenvalue weighted by Crippen LogP contribution is -2.35. The van der Waals surface area contributed by atoms with Crippen LogP contribution in [-0.2, 0) is 22.2 Å². The van der Waals surface area contributed by atoms with Gasteiger partial charge in [-0.2, -0.15) is 8.42 Å². The van der Waals surface area contributed by atoms with E-state index < -0.39 is 15.8 Å². The fraction of sp³-hybridized carbons (Fsp3) is 0.625. The molecular formula is C16H26N2O3S. The van der Waals surface area contributed by atoms with Gasteiger partial charge in [-0.3, -0.25) is 0 Å². The van der Waals surface area contributed by atoms with Crippen LogP contribution in [-0.4, -0.2) is 27.1 Å². The van der Waals surface area contributed by atoms with Gasteiger partial charge in [-0.05, 0) is 49.1 Å². The first-order valence-electron chi connectivity index (χ1n) is 7.84. The number of benzene rings is 1. The molecule has 124 valence electrons. The summed E-state index contributed by atoms with van der Waals surface area (Å²) in [6.45, 7) is 2.58. The van der Waals surface area contributed by atoms with Crippen LogP contribution in [0.3, 0.4) is 0 Å². The maximum atomic E-state index is 11.3. The molecule has 1 aliphatic rings. The molecular weight excluding hydrogens is 300 g/mol. The normalized spacial score (nSPS) is 26.0. The van der Waals surface area contributed by atoms with E-state index in [0.29, 0.717) is 18.9 Å². The summed E-state index contributed by atoms with van der Waals surface area (Å²) in [4.78, 5) is 0. The zero-order valence-electron chi connectivity index (χ0n) is 13.3. The monoisotopic (exact) mass is 326 g/mol. The quantitative estimate of drug-likeness (QED) is 0.744. The van der Waals surface area contributed by atoms with E-state index in [-0.39, 0.29) is 0 Å². The maximum absolute atomic E-state index is 11.3. The van der Waals surface area contributed by atoms with Gasteiger partial charge >= 0.3 is 0 Å². The molecule has 1 aromatic rings. The molecule has 0 aromatic heterocycles. The number of rotatable bonds is 6. The van der Waals surface area contributed by atoms with Crippen LogP contribution in [0.1, 0.15) is 43.7 Å². The Balaban J connectivity index is 1.93. The lowest BCUT2D eigenvalue weighted by molar-refractivity contribution is -0.0120. The Morgan fingerprint density at radius 2 is 1.82 bits per heavy atom. The fourth-order valence-corrected chi connectivity index (χ4v) is 3.43. The van der Waals surface area contributed by atoms with Crippen molar-refractivity contribution in [3.8, 4) is 0 Å². The van der Waals surface area contributed by atoms with Gasteiger partial charge in [-0.1, -0.05) is 31.2 Å². The van der Waals surface area contributed by atoms with E-state index in [0.717, 1.165) is 36.8 Å². The van der Waals surface area contributed by atoms with Crippen LogP contribution in [0, 0.1) is 5.92 Å². The summed E-state index contributed by atoms with van der Waals surface area (Å²) in [6.07, 6.45) is 4.37. The number of hydrogen-bond donors (Lipinski definition) is 3. The van der Waals surface area contributed by atoms with E-state index in [9.17, 15) is 13.5 Å². The minimum absolute atomic E-state index is 0.351. The van der Waals surface area contributed by atoms with Gasteiger partial charge in [-0.25, -0.2) is 9.44 Å². The molecule has 5 nitrogen and oxygen atoms in total. The molecule has 1 fully saturated rings. The van der Waals surface area contributed by atoms with Crippen LogP contribution in [0.25, 0.3) is 0 Å². The van der Waals surface area contributed by atoms with Crippen molar-refractivity contribution in [3.63, 3.8) is 0 Å². The highest BCUT2D eigenvalue weighted by molar-refractivity contribution is 7.87. The van der Waals surface area contributed by atoms with Crippen molar-refractivity contribution >= 4 is 10.2 Å². The fourth-order valence-electron chi connectivity index (χ4n) is 2.91. The first kappa shape index (κ1) is 17.4. The highest BCUT2D eigenvalue weighted by atomic mass is 32.2. The smallest absolute Gasteiger partial charge is 0.276 e. The standard InChI is InChI=1S/C16H26N2O3S/c1-13-7-10-16(19,11-8-13)15-5-3-14(4-6-15)9-12-18-22(20,21)17-2/h3-6,13,17-19H,7-12H2,1-2H3. The lowest BCUT2D eigenvalue weighted by atomic mass is 9.76. The summed E-state index contributed by atoms with van der Waals surface area (Å²) >= 11 is 0. The van der Waals surface area contributed by atoms with Crippen LogP contribution >= 0.6 is 0 Å². The van der Waals surface area contributed by atoms with Gasteiger partial charge in [0.2, 0.25) is 0 Å². The third kappa shape index (κ3) is 4.52. The van der Waals surface area contributed by atoms with Crippen LogP contribution in [0.15, 0.2) is 24.3 Å². The van der Waals surface area contributed by atoms with Gasteiger partial charge in [0.15, 0.2) is 0 Å². The molecule has 0 radical (unpaired) electrons. The van der Waals surface area contributed by atoms with E-state index in [1.165, 1.54) is 7.05 Å². The highest BCUT2D eigenvalue weighted by Crippen LogP contribution is 2.39. The second-order valence-corrected chi connectivity index (χ2v) is 7.97. The van der Waals surface area contributed by atoms with Gasteiger partial charge in [0, 0.05) is 13.6 Å². The SMILES string of the molecule is CNS(=O)(=O)NCCc1ccc(C2(O)CCC(C)CC2)cc1. The van der Waals surface area contributed by atoms with Crippen molar-refractivity contribution in [1.82, 2.24) is 9.44 Å². The van der Waals surface area contributed by atoms with E-state index in [1.807, 2.05) is 24.3 Å². The Labute approximate surface area is 133 Å². The van der Waals surface area contributed by atoms with Crippen LogP contribution in [0.4, 0.5) is 0 Å². The van der Waals surface area contributed by atoms with E-state index in [1.54, 1.807) is 0 Å². The van der Waals surface area contributed by atoms with Crippen molar-refractivity contribution in [1.29, 1.82) is 0 Å². The molecule has 0 atom stereocenters. The lowest BCUT2D eigenvalue weighted by Gasteiger charge is -2.35. The molecule has 0 heterocycles. The summed E-state index contributed by atoms with van der Waals surface area (Å²) in [7, 11) is -1.99. The van der Waals surface area contributed by atoms with Gasteiger partial charge < -0.3 is 5.11 Å². The van der Waals surface area contributed by atoms with Crippen molar-refractivity contribution < 1.29 is 13.5 Å². The first-order valence-corrected chi connectivity index (χ1v) is 9.33. The Morgan fingerprint density at radius 3 is 2.36 bits per heavy atom. The first-order chi connectivity index (χ1) is 10.3. The molecule has 1 aliphatic carbocycles. The van der Waals surface area contributed by atoms with E-state index in [2.05, 4.69) is 16.4 Å². The van der Waals surface area contributed by atoms with Crippen molar-refractivity contribution in [2.75, 3.05) is 13.6 Å². The van der Waals surface area contributed by atoms with Gasteiger partial charge in [0.05, 0.1) is 5.60 Å². The zero-order valence-corrected chi connectivity index (χ0v) is 14.1. The third-order valence-electron chi connectivity index (χ3n) is 4.57. The summed E-state index contributed by atoms with van der Waals surface area (Å²) in [6, 6.07) is 7.88. The second kappa shape index (κ2) is 7.08. The minimum atomic E-state index is -3.37. The Bertz CT molecular complexity index is 576. The molecule has 0 aliphatic heterocycles. The van der Waals surface area contributed by atoms with Gasteiger partial charge in [0.1, 0.15) is 0 Å². The molecule has 0 saturated heterocycles. The van der Waals surface area contributed by atoms with E-state index in [4.69, 9.17) is 0 Å². The van der Waals surface area contributed by atoms with Crippen molar-refractivity contribution in [3.05, 3.63) is 35.4 Å². The summed E-state index contributed by atoms with van der Waals surface area (Å²) < 4.78 is 27.2. The maximum Gasteiger partial charge on any atom is 0.276 e. The predicted octanol–water partition coefficient (Wildman–Crippen LogP) is 1.68. The molecule has 1 aromatic carbocycles. The predicted molar refractivity (Wildman–Crippen MR) is 87.7 cm³/mol. The number of nitrogens with one attached hydrogen (secondary N) is 2. The van der Waals surface area contributed by atoms with Crippen LogP contribution < -0.4 is 9.44 Å². The highest BCUT2D eigenvalue weighted by Gasteiger charge is 2.33. The Kier molecular flexibility index (Phi) is 5.60. The molecule has 0 amide bonds. The molecule has 22 heavy (non-hydrogen) atoms.